The molecule has 1 radical (unpaired) electrons. The van der Waals surface area contributed by atoms with Gasteiger partial charge < -0.3 is 5.11 Å². The first-order valence-electron chi connectivity index (χ1n) is 2.96. The van der Waals surface area contributed by atoms with Crippen molar-refractivity contribution in [2.24, 2.45) is 0 Å². The third-order valence-corrected chi connectivity index (χ3v) is 1.27. The van der Waals surface area contributed by atoms with Crippen molar-refractivity contribution < 1.29 is 10.0 Å². The van der Waals surface area contributed by atoms with Crippen LogP contribution in [0.25, 0.3) is 0 Å². The molecule has 0 aromatic heterocycles. The zero-order chi connectivity index (χ0) is 8.27. The zero-order valence-corrected chi connectivity index (χ0v) is 5.60. The number of para-hydroxylation sites is 1. The molecule has 57 valence electrons. The van der Waals surface area contributed by atoms with Crippen LogP contribution in [-0.4, -0.2) is 10.0 Å². The van der Waals surface area contributed by atoms with Crippen LogP contribution < -0.4 is 0 Å². The van der Waals surface area contributed by atoms with Crippen LogP contribution in [0.3, 0.4) is 0 Å². The quantitative estimate of drug-likeness (QED) is 0.515. The highest BCUT2D eigenvalue weighted by Gasteiger charge is 2.10. The van der Waals surface area contributed by atoms with Gasteiger partial charge >= 0.3 is 0 Å². The lowest BCUT2D eigenvalue weighted by Crippen LogP contribution is -1.92. The first-order valence-corrected chi connectivity index (χ1v) is 2.96. The normalized spacial score (nSPS) is 9.55. The molecule has 0 aliphatic carbocycles. The molecule has 11 heavy (non-hydrogen) atoms. The second-order valence-electron chi connectivity index (χ2n) is 1.95. The number of nitro benzene ring substituents is 1. The maximum Gasteiger partial charge on any atom is 0.275 e. The van der Waals surface area contributed by atoms with E-state index < -0.39 is 4.92 Å². The summed E-state index contributed by atoms with van der Waals surface area (Å²) in [6, 6.07) is 5.97. The smallest absolute Gasteiger partial charge is 0.275 e. The molecule has 4 heteroatoms. The van der Waals surface area contributed by atoms with Crippen LogP contribution in [0, 0.1) is 16.7 Å². The molecule has 0 heterocycles. The van der Waals surface area contributed by atoms with Crippen molar-refractivity contribution in [3.05, 3.63) is 46.6 Å². The van der Waals surface area contributed by atoms with Crippen molar-refractivity contribution in [2.75, 3.05) is 0 Å². The summed E-state index contributed by atoms with van der Waals surface area (Å²) in [7, 11) is 0. The Morgan fingerprint density at radius 3 is 2.55 bits per heavy atom. The molecule has 0 unspecified atom stereocenters. The summed E-state index contributed by atoms with van der Waals surface area (Å²) in [6.45, 7) is 0.720. The third-order valence-electron chi connectivity index (χ3n) is 1.27. The molecule has 0 amide bonds. The fourth-order valence-corrected chi connectivity index (χ4v) is 0.763. The van der Waals surface area contributed by atoms with E-state index in [0.29, 0.717) is 0 Å². The Morgan fingerprint density at radius 2 is 2.09 bits per heavy atom. The van der Waals surface area contributed by atoms with Gasteiger partial charge in [-0.15, -0.1) is 0 Å². The SMILES string of the molecule is O=[N+]([O-])c1ccccc1[CH]O. The van der Waals surface area contributed by atoms with E-state index in [9.17, 15) is 10.1 Å². The Hall–Kier alpha value is -1.42. The van der Waals surface area contributed by atoms with Crippen LogP contribution in [-0.2, 0) is 0 Å². The number of hydrogen-bond acceptors (Lipinski definition) is 3. The Labute approximate surface area is 63.2 Å². The summed E-state index contributed by atoms with van der Waals surface area (Å²) in [5.41, 5.74) is 0.132. The van der Waals surface area contributed by atoms with Gasteiger partial charge in [-0.1, -0.05) is 12.1 Å². The van der Waals surface area contributed by atoms with Crippen molar-refractivity contribution in [1.82, 2.24) is 0 Å². The summed E-state index contributed by atoms with van der Waals surface area (Å²) < 4.78 is 0. The zero-order valence-electron chi connectivity index (χ0n) is 5.60. The lowest BCUT2D eigenvalue weighted by atomic mass is 10.2. The van der Waals surface area contributed by atoms with Crippen LogP contribution in [0.1, 0.15) is 5.56 Å². The second-order valence-corrected chi connectivity index (χ2v) is 1.95. The van der Waals surface area contributed by atoms with Gasteiger partial charge in [0, 0.05) is 6.07 Å². The molecular formula is C7H6NO3. The predicted octanol–water partition coefficient (Wildman–Crippen LogP) is 1.48. The number of aliphatic hydroxyl groups is 1. The molecule has 1 aromatic carbocycles. The predicted molar refractivity (Wildman–Crippen MR) is 38.4 cm³/mol. The monoisotopic (exact) mass is 152 g/mol. The number of benzene rings is 1. The van der Waals surface area contributed by atoms with Crippen LogP contribution in [0.5, 0.6) is 0 Å². The van der Waals surface area contributed by atoms with Crippen LogP contribution >= 0.6 is 0 Å². The molecule has 4 nitrogen and oxygen atoms in total. The molecule has 1 N–H and O–H groups in total. The molecule has 1 aromatic rings. The standard InChI is InChI=1S/C7H6NO3/c9-5-6-3-1-2-4-7(6)8(10)11/h1-5,9H. The Morgan fingerprint density at radius 1 is 1.45 bits per heavy atom. The van der Waals surface area contributed by atoms with Gasteiger partial charge in [-0.2, -0.15) is 0 Å². The van der Waals surface area contributed by atoms with Gasteiger partial charge in [0.2, 0.25) is 0 Å². The molecular weight excluding hydrogens is 146 g/mol. The fraction of sp³-hybridized carbons (Fsp3) is 0. The van der Waals surface area contributed by atoms with E-state index in [1.165, 1.54) is 12.1 Å². The van der Waals surface area contributed by atoms with Gasteiger partial charge in [-0.25, -0.2) is 0 Å². The number of rotatable bonds is 2. The second kappa shape index (κ2) is 3.12. The molecule has 0 aliphatic heterocycles. The Balaban J connectivity index is 3.12. The van der Waals surface area contributed by atoms with Gasteiger partial charge in [0.05, 0.1) is 10.5 Å². The molecule has 0 saturated carbocycles. The summed E-state index contributed by atoms with van der Waals surface area (Å²) in [5, 5.41) is 18.8. The lowest BCUT2D eigenvalue weighted by molar-refractivity contribution is -0.385. The highest BCUT2D eigenvalue weighted by atomic mass is 16.6. The van der Waals surface area contributed by atoms with E-state index >= 15 is 0 Å². The first kappa shape index (κ1) is 7.68. The van der Waals surface area contributed by atoms with Crippen molar-refractivity contribution in [3.63, 3.8) is 0 Å². The number of hydrogen-bond donors (Lipinski definition) is 1. The van der Waals surface area contributed by atoms with Crippen molar-refractivity contribution in [2.45, 2.75) is 0 Å². The highest BCUT2D eigenvalue weighted by Crippen LogP contribution is 2.17. The van der Waals surface area contributed by atoms with Crippen molar-refractivity contribution in [1.29, 1.82) is 0 Å². The molecule has 0 atom stereocenters. The summed E-state index contributed by atoms with van der Waals surface area (Å²) in [5.74, 6) is 0. The van der Waals surface area contributed by atoms with Gasteiger partial charge in [0.25, 0.3) is 5.69 Å². The van der Waals surface area contributed by atoms with E-state index in [1.54, 1.807) is 12.1 Å². The molecule has 0 fully saturated rings. The molecule has 0 spiro atoms. The number of nitro groups is 1. The van der Waals surface area contributed by atoms with E-state index in [-0.39, 0.29) is 11.3 Å². The summed E-state index contributed by atoms with van der Waals surface area (Å²) in [6.07, 6.45) is 0. The van der Waals surface area contributed by atoms with Gasteiger partial charge in [0.15, 0.2) is 0 Å². The van der Waals surface area contributed by atoms with Crippen LogP contribution in [0.4, 0.5) is 5.69 Å². The topological polar surface area (TPSA) is 63.4 Å². The van der Waals surface area contributed by atoms with E-state index in [4.69, 9.17) is 5.11 Å². The summed E-state index contributed by atoms with van der Waals surface area (Å²) >= 11 is 0. The van der Waals surface area contributed by atoms with Gasteiger partial charge in [-0.3, -0.25) is 10.1 Å². The molecule has 0 saturated heterocycles. The van der Waals surface area contributed by atoms with Gasteiger partial charge in [0.1, 0.15) is 6.61 Å². The van der Waals surface area contributed by atoms with Crippen molar-refractivity contribution in [3.8, 4) is 0 Å². The molecule has 1 rings (SSSR count). The maximum absolute atomic E-state index is 10.3. The number of aliphatic hydroxyl groups excluding tert-OH is 1. The van der Waals surface area contributed by atoms with Crippen LogP contribution in [0.15, 0.2) is 24.3 Å². The Kier molecular flexibility index (Phi) is 2.18. The first-order chi connectivity index (χ1) is 5.25. The lowest BCUT2D eigenvalue weighted by Gasteiger charge is -1.95. The molecule has 0 aliphatic rings. The minimum Gasteiger partial charge on any atom is -0.385 e. The highest BCUT2D eigenvalue weighted by molar-refractivity contribution is 5.42. The van der Waals surface area contributed by atoms with Crippen molar-refractivity contribution >= 4 is 5.69 Å². The minimum absolute atomic E-state index is 0.0880. The van der Waals surface area contributed by atoms with E-state index in [2.05, 4.69) is 0 Å². The fourth-order valence-electron chi connectivity index (χ4n) is 0.763. The van der Waals surface area contributed by atoms with E-state index in [1.807, 2.05) is 0 Å². The summed E-state index contributed by atoms with van der Waals surface area (Å²) in [4.78, 5) is 9.72. The average molecular weight is 152 g/mol. The Bertz CT molecular complexity index is 272. The largest absolute Gasteiger partial charge is 0.385 e. The third kappa shape index (κ3) is 1.53. The van der Waals surface area contributed by atoms with Crippen LogP contribution in [0.2, 0.25) is 0 Å². The minimum atomic E-state index is -0.540. The van der Waals surface area contributed by atoms with Gasteiger partial charge in [-0.05, 0) is 6.07 Å². The molecule has 0 bridgehead atoms. The maximum atomic E-state index is 10.3. The number of nitrogens with zero attached hydrogens (tertiary/aromatic N) is 1. The van der Waals surface area contributed by atoms with E-state index in [0.717, 1.165) is 6.61 Å². The average Bonchev–Trinajstić information content (AvgIpc) is 2.04.